The second-order valence-electron chi connectivity index (χ2n) is 4.13. The van der Waals surface area contributed by atoms with Crippen molar-refractivity contribution in [2.75, 3.05) is 0 Å². The Morgan fingerprint density at radius 3 is 2.82 bits per heavy atom. The van der Waals surface area contributed by atoms with Gasteiger partial charge in [0.25, 0.3) is 0 Å². The van der Waals surface area contributed by atoms with Gasteiger partial charge in [-0.3, -0.25) is 4.98 Å². The Balaban J connectivity index is 0.00000108. The first-order valence-electron chi connectivity index (χ1n) is 5.23. The van der Waals surface area contributed by atoms with Crippen LogP contribution in [0.1, 0.15) is 40.5 Å². The smallest absolute Gasteiger partial charge is 0.545 e. The van der Waals surface area contributed by atoms with E-state index in [4.69, 9.17) is 0 Å². The van der Waals surface area contributed by atoms with Gasteiger partial charge in [0.2, 0.25) is 0 Å². The van der Waals surface area contributed by atoms with E-state index >= 15 is 0 Å². The fraction of sp³-hybridized carbons (Fsp3) is 0.364. The zero-order valence-electron chi connectivity index (χ0n) is 9.80. The Morgan fingerprint density at radius 2 is 2.24 bits per heavy atom. The number of fused-ring (bicyclic) bond motifs is 1. The third kappa shape index (κ3) is 2.20. The summed E-state index contributed by atoms with van der Waals surface area (Å²) in [4.78, 5) is 15.3. The van der Waals surface area contributed by atoms with Crippen LogP contribution in [0, 0.1) is 6.92 Å². The quantitative estimate of drug-likeness (QED) is 0.547. The summed E-state index contributed by atoms with van der Waals surface area (Å²) in [5, 5.41) is 15.5. The normalized spacial score (nSPS) is 14.6. The van der Waals surface area contributed by atoms with Crippen LogP contribution in [0.4, 0.5) is 0 Å². The van der Waals surface area contributed by atoms with E-state index < -0.39 is 5.97 Å². The Labute approximate surface area is 141 Å². The molecule has 1 fully saturated rings. The average molecular weight is 255 g/mol. The molecule has 0 aromatic carbocycles. The van der Waals surface area contributed by atoms with Crippen molar-refractivity contribution >= 4 is 11.5 Å². The van der Waals surface area contributed by atoms with Crippen molar-refractivity contribution in [3.63, 3.8) is 0 Å². The van der Waals surface area contributed by atoms with Gasteiger partial charge in [0.05, 0.1) is 22.9 Å². The van der Waals surface area contributed by atoms with Gasteiger partial charge in [-0.15, -0.1) is 0 Å². The van der Waals surface area contributed by atoms with E-state index in [1.165, 1.54) is 0 Å². The van der Waals surface area contributed by atoms with Crippen LogP contribution in [0.25, 0.3) is 5.52 Å². The molecule has 1 aliphatic carbocycles. The molecule has 2 heterocycles. The van der Waals surface area contributed by atoms with E-state index in [1.54, 1.807) is 23.8 Å². The van der Waals surface area contributed by atoms with Crippen molar-refractivity contribution < 1.29 is 61.3 Å². The zero-order chi connectivity index (χ0) is 11.3. The second-order valence-corrected chi connectivity index (χ2v) is 4.13. The molecule has 0 saturated heterocycles. The minimum Gasteiger partial charge on any atom is -0.545 e. The van der Waals surface area contributed by atoms with Crippen LogP contribution in [-0.2, 0) is 0 Å². The number of carboxylic acids is 1. The number of hydrogen-bond acceptors (Lipinski definition) is 4. The molecule has 2 aromatic heterocycles. The molecule has 0 atom stereocenters. The van der Waals surface area contributed by atoms with E-state index in [-0.39, 0.29) is 62.9 Å². The van der Waals surface area contributed by atoms with Gasteiger partial charge in [-0.1, -0.05) is 0 Å². The largest absolute Gasteiger partial charge is 1.00 e. The number of carbonyl (C=O) groups is 1. The molecule has 2 aromatic rings. The molecule has 1 aliphatic rings. The van der Waals surface area contributed by atoms with Gasteiger partial charge >= 0.3 is 51.4 Å². The van der Waals surface area contributed by atoms with Crippen molar-refractivity contribution in [3.05, 3.63) is 29.3 Å². The number of aryl methyl sites for hydroxylation is 1. The second kappa shape index (κ2) is 4.77. The molecule has 0 spiro atoms. The molecule has 6 heteroatoms. The summed E-state index contributed by atoms with van der Waals surface area (Å²) in [6.45, 7) is 1.78. The van der Waals surface area contributed by atoms with Crippen LogP contribution >= 0.6 is 0 Å². The van der Waals surface area contributed by atoms with Crippen LogP contribution in [-0.4, -0.2) is 20.6 Å². The first-order valence-corrected chi connectivity index (χ1v) is 5.23. The van der Waals surface area contributed by atoms with Crippen molar-refractivity contribution in [2.45, 2.75) is 25.7 Å². The molecular formula is C11H10KN3O2. The van der Waals surface area contributed by atoms with Gasteiger partial charge in [0.15, 0.2) is 0 Å². The predicted molar refractivity (Wildman–Crippen MR) is 54.0 cm³/mol. The molecule has 0 N–H and O–H groups in total. The Kier molecular flexibility index (Phi) is 3.70. The monoisotopic (exact) mass is 255 g/mol. The number of carbonyl (C=O) groups excluding carboxylic acids is 1. The van der Waals surface area contributed by atoms with Crippen LogP contribution in [0.15, 0.2) is 12.4 Å². The SMILES string of the molecule is Cc1nccn2nc(C3CC3)c(C(=O)[O-])c12.[K+]. The first-order chi connectivity index (χ1) is 7.68. The number of aromatic nitrogens is 3. The summed E-state index contributed by atoms with van der Waals surface area (Å²) < 4.78 is 1.58. The molecular weight excluding hydrogens is 245 g/mol. The van der Waals surface area contributed by atoms with Crippen molar-refractivity contribution in [3.8, 4) is 0 Å². The fourth-order valence-electron chi connectivity index (χ4n) is 2.02. The molecule has 1 saturated carbocycles. The third-order valence-electron chi connectivity index (χ3n) is 2.92. The predicted octanol–water partition coefficient (Wildman–Crippen LogP) is -2.72. The van der Waals surface area contributed by atoms with E-state index in [2.05, 4.69) is 10.1 Å². The summed E-state index contributed by atoms with van der Waals surface area (Å²) in [5.74, 6) is -0.875. The summed E-state index contributed by atoms with van der Waals surface area (Å²) in [5.41, 5.74) is 2.09. The van der Waals surface area contributed by atoms with Gasteiger partial charge < -0.3 is 9.90 Å². The number of nitrogens with zero attached hydrogens (tertiary/aromatic N) is 3. The molecule has 3 rings (SSSR count). The maximum atomic E-state index is 11.2. The van der Waals surface area contributed by atoms with E-state index in [0.29, 0.717) is 16.9 Å². The first kappa shape index (κ1) is 13.2. The van der Waals surface area contributed by atoms with Crippen LogP contribution < -0.4 is 56.5 Å². The maximum absolute atomic E-state index is 11.2. The van der Waals surface area contributed by atoms with Crippen LogP contribution in [0.2, 0.25) is 0 Å². The minimum absolute atomic E-state index is 0. The van der Waals surface area contributed by atoms with E-state index in [0.717, 1.165) is 12.8 Å². The van der Waals surface area contributed by atoms with Crippen molar-refractivity contribution in [1.82, 2.24) is 14.6 Å². The third-order valence-corrected chi connectivity index (χ3v) is 2.92. The van der Waals surface area contributed by atoms with Crippen molar-refractivity contribution in [2.24, 2.45) is 0 Å². The minimum atomic E-state index is -1.16. The standard InChI is InChI=1S/C11H11N3O2.K/c1-6-10-8(11(15)16)9(7-2-3-7)13-14(10)5-4-12-6;/h4-5,7H,2-3H2,1H3,(H,15,16);/q;+1/p-1. The van der Waals surface area contributed by atoms with E-state index in [1.807, 2.05) is 0 Å². The topological polar surface area (TPSA) is 70.3 Å². The molecule has 82 valence electrons. The Hall–Kier alpha value is -0.274. The van der Waals surface area contributed by atoms with Gasteiger partial charge in [0.1, 0.15) is 0 Å². The molecule has 0 unspecified atom stereocenters. The molecule has 0 radical (unpaired) electrons. The van der Waals surface area contributed by atoms with Gasteiger partial charge in [-0.2, -0.15) is 5.10 Å². The molecule has 0 amide bonds. The van der Waals surface area contributed by atoms with Crippen LogP contribution in [0.5, 0.6) is 0 Å². The van der Waals surface area contributed by atoms with Gasteiger partial charge in [-0.25, -0.2) is 4.52 Å². The number of carboxylic acid groups (broad SMARTS) is 1. The molecule has 5 nitrogen and oxygen atoms in total. The van der Waals surface area contributed by atoms with Gasteiger partial charge in [0, 0.05) is 23.9 Å². The fourth-order valence-corrected chi connectivity index (χ4v) is 2.02. The van der Waals surface area contributed by atoms with Crippen LogP contribution in [0.3, 0.4) is 0 Å². The van der Waals surface area contributed by atoms with Gasteiger partial charge in [-0.05, 0) is 19.8 Å². The summed E-state index contributed by atoms with van der Waals surface area (Å²) in [6.07, 6.45) is 5.30. The Bertz CT molecular complexity index is 590. The summed E-state index contributed by atoms with van der Waals surface area (Å²) in [7, 11) is 0. The average Bonchev–Trinajstić information content (AvgIpc) is 2.99. The van der Waals surface area contributed by atoms with E-state index in [9.17, 15) is 9.90 Å². The summed E-state index contributed by atoms with van der Waals surface area (Å²) in [6, 6.07) is 0. The zero-order valence-corrected chi connectivity index (χ0v) is 12.9. The molecule has 0 bridgehead atoms. The number of hydrogen-bond donors (Lipinski definition) is 0. The number of rotatable bonds is 2. The number of aromatic carboxylic acids is 1. The Morgan fingerprint density at radius 1 is 1.53 bits per heavy atom. The molecule has 17 heavy (non-hydrogen) atoms. The maximum Gasteiger partial charge on any atom is 1.00 e. The van der Waals surface area contributed by atoms with Crippen molar-refractivity contribution in [1.29, 1.82) is 0 Å². The summed E-state index contributed by atoms with van der Waals surface area (Å²) >= 11 is 0. The molecule has 0 aliphatic heterocycles.